The standard InChI is InChI=1S/C24H25F3N4O/c1-16(2)29-14-30(20-11-7-10-19(13-20)24(25,26)27)23-28-17(3)21(22(32)31(23)15-29)12-18-8-5-4-6-9-18/h4-11,13,16H,12,14-15H2,1-3H3. The number of anilines is 2. The molecule has 0 saturated carbocycles. The van der Waals surface area contributed by atoms with E-state index in [9.17, 15) is 18.0 Å². The molecule has 8 heteroatoms. The van der Waals surface area contributed by atoms with Gasteiger partial charge in [-0.25, -0.2) is 4.98 Å². The van der Waals surface area contributed by atoms with Gasteiger partial charge in [0.15, 0.2) is 0 Å². The van der Waals surface area contributed by atoms with Crippen molar-refractivity contribution in [2.75, 3.05) is 11.6 Å². The topological polar surface area (TPSA) is 41.4 Å². The van der Waals surface area contributed by atoms with E-state index in [1.807, 2.05) is 49.1 Å². The van der Waals surface area contributed by atoms with Crippen molar-refractivity contribution in [1.82, 2.24) is 14.5 Å². The molecule has 1 aliphatic heterocycles. The summed E-state index contributed by atoms with van der Waals surface area (Å²) in [6.07, 6.45) is -4.00. The summed E-state index contributed by atoms with van der Waals surface area (Å²) >= 11 is 0. The Bertz CT molecular complexity index is 1170. The van der Waals surface area contributed by atoms with E-state index in [4.69, 9.17) is 4.98 Å². The number of alkyl halides is 3. The van der Waals surface area contributed by atoms with Crippen molar-refractivity contribution >= 4 is 11.6 Å². The zero-order valence-electron chi connectivity index (χ0n) is 18.2. The van der Waals surface area contributed by atoms with E-state index < -0.39 is 11.7 Å². The number of aryl methyl sites for hydroxylation is 1. The molecule has 1 aromatic heterocycles. The van der Waals surface area contributed by atoms with E-state index in [0.29, 0.717) is 42.7 Å². The van der Waals surface area contributed by atoms with Crippen LogP contribution in [0, 0.1) is 6.92 Å². The van der Waals surface area contributed by atoms with Crippen molar-refractivity contribution in [3.8, 4) is 0 Å². The largest absolute Gasteiger partial charge is 0.416 e. The van der Waals surface area contributed by atoms with Crippen molar-refractivity contribution in [2.45, 2.75) is 46.1 Å². The second kappa shape index (κ2) is 8.43. The number of rotatable bonds is 4. The molecule has 0 aliphatic carbocycles. The normalized spacial score (nSPS) is 14.7. The minimum Gasteiger partial charge on any atom is -0.298 e. The van der Waals surface area contributed by atoms with Crippen LogP contribution in [0.4, 0.5) is 24.8 Å². The maximum absolute atomic E-state index is 13.5. The lowest BCUT2D eigenvalue weighted by Crippen LogP contribution is -2.50. The number of hydrogen-bond donors (Lipinski definition) is 0. The Balaban J connectivity index is 1.83. The fourth-order valence-electron chi connectivity index (χ4n) is 3.87. The first-order valence-corrected chi connectivity index (χ1v) is 10.5. The van der Waals surface area contributed by atoms with Gasteiger partial charge in [0.25, 0.3) is 5.56 Å². The van der Waals surface area contributed by atoms with Crippen molar-refractivity contribution in [1.29, 1.82) is 0 Å². The third-order valence-corrected chi connectivity index (χ3v) is 5.78. The number of benzene rings is 2. The van der Waals surface area contributed by atoms with Crippen LogP contribution in [0.5, 0.6) is 0 Å². The Morgan fingerprint density at radius 3 is 2.41 bits per heavy atom. The summed E-state index contributed by atoms with van der Waals surface area (Å²) in [5.41, 5.74) is 1.62. The molecule has 2 heterocycles. The molecule has 2 aromatic carbocycles. The lowest BCUT2D eigenvalue weighted by Gasteiger charge is -2.40. The summed E-state index contributed by atoms with van der Waals surface area (Å²) < 4.78 is 41.5. The third-order valence-electron chi connectivity index (χ3n) is 5.78. The predicted octanol–water partition coefficient (Wildman–Crippen LogP) is 4.94. The van der Waals surface area contributed by atoms with Gasteiger partial charge >= 0.3 is 6.18 Å². The zero-order chi connectivity index (χ0) is 23.0. The van der Waals surface area contributed by atoms with E-state index in [2.05, 4.69) is 0 Å². The van der Waals surface area contributed by atoms with Gasteiger partial charge in [-0.05, 0) is 44.5 Å². The number of halogens is 3. The summed E-state index contributed by atoms with van der Waals surface area (Å²) in [6.45, 7) is 6.43. The van der Waals surface area contributed by atoms with E-state index in [-0.39, 0.29) is 11.6 Å². The molecule has 0 atom stereocenters. The second-order valence-electron chi connectivity index (χ2n) is 8.31. The lowest BCUT2D eigenvalue weighted by atomic mass is 10.1. The second-order valence-corrected chi connectivity index (χ2v) is 8.31. The highest BCUT2D eigenvalue weighted by atomic mass is 19.4. The molecule has 0 saturated heterocycles. The van der Waals surface area contributed by atoms with Crippen LogP contribution in [0.3, 0.4) is 0 Å². The van der Waals surface area contributed by atoms with Gasteiger partial charge < -0.3 is 0 Å². The molecular formula is C24H25F3N4O. The molecule has 0 N–H and O–H groups in total. The average molecular weight is 442 g/mol. The van der Waals surface area contributed by atoms with Crippen LogP contribution in [-0.4, -0.2) is 27.2 Å². The van der Waals surface area contributed by atoms with Crippen LogP contribution in [0.1, 0.15) is 36.2 Å². The maximum atomic E-state index is 13.5. The molecule has 0 amide bonds. The Morgan fingerprint density at radius 2 is 1.75 bits per heavy atom. The van der Waals surface area contributed by atoms with E-state index in [0.717, 1.165) is 17.7 Å². The van der Waals surface area contributed by atoms with Crippen LogP contribution in [-0.2, 0) is 19.3 Å². The molecule has 0 bridgehead atoms. The highest BCUT2D eigenvalue weighted by Gasteiger charge is 2.33. The molecule has 32 heavy (non-hydrogen) atoms. The van der Waals surface area contributed by atoms with Crippen molar-refractivity contribution in [3.63, 3.8) is 0 Å². The smallest absolute Gasteiger partial charge is 0.298 e. The molecular weight excluding hydrogens is 417 g/mol. The minimum atomic E-state index is -4.45. The number of nitrogens with zero attached hydrogens (tertiary/aromatic N) is 4. The van der Waals surface area contributed by atoms with E-state index in [1.165, 1.54) is 6.07 Å². The van der Waals surface area contributed by atoms with Crippen LogP contribution in [0.15, 0.2) is 59.4 Å². The van der Waals surface area contributed by atoms with Crippen LogP contribution in [0.2, 0.25) is 0 Å². The summed E-state index contributed by atoms with van der Waals surface area (Å²) in [4.78, 5) is 21.9. The number of hydrogen-bond acceptors (Lipinski definition) is 4. The molecule has 0 radical (unpaired) electrons. The fourth-order valence-corrected chi connectivity index (χ4v) is 3.87. The lowest BCUT2D eigenvalue weighted by molar-refractivity contribution is -0.137. The third kappa shape index (κ3) is 4.27. The van der Waals surface area contributed by atoms with Crippen LogP contribution >= 0.6 is 0 Å². The van der Waals surface area contributed by atoms with Crippen molar-refractivity contribution in [3.05, 3.63) is 87.3 Å². The average Bonchev–Trinajstić information content (AvgIpc) is 2.76. The first-order chi connectivity index (χ1) is 15.1. The number of fused-ring (bicyclic) bond motifs is 1. The Labute approximate surface area is 184 Å². The minimum absolute atomic E-state index is 0.0854. The van der Waals surface area contributed by atoms with Gasteiger partial charge in [0.1, 0.15) is 0 Å². The van der Waals surface area contributed by atoms with Crippen LogP contribution in [0.25, 0.3) is 0 Å². The SMILES string of the molecule is Cc1nc2n(c(=O)c1Cc1ccccc1)CN(C(C)C)CN2c1cccc(C(F)(F)F)c1. The summed E-state index contributed by atoms with van der Waals surface area (Å²) in [6, 6.07) is 14.9. The predicted molar refractivity (Wildman–Crippen MR) is 118 cm³/mol. The Morgan fingerprint density at radius 1 is 1.03 bits per heavy atom. The van der Waals surface area contributed by atoms with E-state index in [1.54, 1.807) is 22.5 Å². The highest BCUT2D eigenvalue weighted by molar-refractivity contribution is 5.60. The zero-order valence-corrected chi connectivity index (χ0v) is 18.2. The quantitative estimate of drug-likeness (QED) is 0.574. The molecule has 5 nitrogen and oxygen atoms in total. The summed E-state index contributed by atoms with van der Waals surface area (Å²) in [5, 5.41) is 0. The first-order valence-electron chi connectivity index (χ1n) is 10.5. The van der Waals surface area contributed by atoms with Crippen LogP contribution < -0.4 is 10.5 Å². The Kier molecular flexibility index (Phi) is 5.81. The Hall–Kier alpha value is -3.13. The van der Waals surface area contributed by atoms with E-state index >= 15 is 0 Å². The summed E-state index contributed by atoms with van der Waals surface area (Å²) in [5.74, 6) is 0.362. The van der Waals surface area contributed by atoms with Gasteiger partial charge in [-0.3, -0.25) is 19.2 Å². The maximum Gasteiger partial charge on any atom is 0.416 e. The van der Waals surface area contributed by atoms with Gasteiger partial charge in [-0.15, -0.1) is 0 Å². The molecule has 0 spiro atoms. The van der Waals surface area contributed by atoms with Gasteiger partial charge in [0, 0.05) is 23.7 Å². The molecule has 0 fully saturated rings. The molecule has 4 rings (SSSR count). The molecule has 0 unspecified atom stereocenters. The van der Waals surface area contributed by atoms with Gasteiger partial charge in [-0.1, -0.05) is 36.4 Å². The van der Waals surface area contributed by atoms with Crippen molar-refractivity contribution < 1.29 is 13.2 Å². The van der Waals surface area contributed by atoms with Crippen molar-refractivity contribution in [2.24, 2.45) is 0 Å². The van der Waals surface area contributed by atoms with Gasteiger partial charge in [-0.2, -0.15) is 13.2 Å². The van der Waals surface area contributed by atoms with Gasteiger partial charge in [0.2, 0.25) is 5.95 Å². The highest BCUT2D eigenvalue weighted by Crippen LogP contribution is 2.34. The van der Waals surface area contributed by atoms with Gasteiger partial charge in [0.05, 0.1) is 24.6 Å². The molecule has 3 aromatic rings. The first kappa shape index (κ1) is 22.1. The fraction of sp³-hybridized carbons (Fsp3) is 0.333. The molecule has 168 valence electrons. The monoisotopic (exact) mass is 442 g/mol. The number of aromatic nitrogens is 2. The summed E-state index contributed by atoms with van der Waals surface area (Å²) in [7, 11) is 0. The molecule has 1 aliphatic rings.